The van der Waals surface area contributed by atoms with Crippen LogP contribution >= 0.6 is 22.7 Å². The van der Waals surface area contributed by atoms with Gasteiger partial charge in [-0.1, -0.05) is 11.3 Å². The Hall–Kier alpha value is -1.54. The summed E-state index contributed by atoms with van der Waals surface area (Å²) >= 11 is 2.80. The first-order chi connectivity index (χ1) is 9.26. The Kier molecular flexibility index (Phi) is 3.43. The van der Waals surface area contributed by atoms with Crippen LogP contribution in [0.25, 0.3) is 0 Å². The largest absolute Gasteiger partial charge is 0.363 e. The standard InChI is InChI=1S/C11H13N5OS2/c1-12-10-16-15-9(19-10)8(17)14-11-13-6-4-2-3-5-7(6)18-11/h2-5H2,1H3,(H,12,16)(H,13,14,17). The zero-order valence-electron chi connectivity index (χ0n) is 10.4. The Morgan fingerprint density at radius 1 is 1.16 bits per heavy atom. The number of thiazole rings is 1. The number of aryl methyl sites for hydroxylation is 2. The normalized spacial score (nSPS) is 13.9. The fourth-order valence-electron chi connectivity index (χ4n) is 1.97. The minimum atomic E-state index is -0.245. The van der Waals surface area contributed by atoms with Gasteiger partial charge in [0.25, 0.3) is 5.91 Å². The van der Waals surface area contributed by atoms with Crippen molar-refractivity contribution in [3.05, 3.63) is 15.6 Å². The molecule has 2 heterocycles. The molecule has 0 saturated heterocycles. The molecule has 6 nitrogen and oxygen atoms in total. The number of fused-ring (bicyclic) bond motifs is 1. The maximum absolute atomic E-state index is 12.0. The minimum absolute atomic E-state index is 0.245. The lowest BCUT2D eigenvalue weighted by Crippen LogP contribution is -2.11. The van der Waals surface area contributed by atoms with E-state index < -0.39 is 0 Å². The van der Waals surface area contributed by atoms with Crippen LogP contribution in [-0.2, 0) is 12.8 Å². The van der Waals surface area contributed by atoms with Crippen LogP contribution in [0.15, 0.2) is 0 Å². The molecule has 0 radical (unpaired) electrons. The average Bonchev–Trinajstić information content (AvgIpc) is 3.04. The van der Waals surface area contributed by atoms with Crippen LogP contribution in [0.2, 0.25) is 0 Å². The van der Waals surface area contributed by atoms with Gasteiger partial charge in [-0.3, -0.25) is 10.1 Å². The van der Waals surface area contributed by atoms with Gasteiger partial charge in [-0.2, -0.15) is 0 Å². The summed E-state index contributed by atoms with van der Waals surface area (Å²) in [4.78, 5) is 17.8. The number of carbonyl (C=O) groups is 1. The van der Waals surface area contributed by atoms with E-state index in [1.165, 1.54) is 29.1 Å². The van der Waals surface area contributed by atoms with Gasteiger partial charge in [-0.25, -0.2) is 4.98 Å². The average molecular weight is 295 g/mol. The van der Waals surface area contributed by atoms with Gasteiger partial charge < -0.3 is 5.32 Å². The fourth-order valence-corrected chi connectivity index (χ4v) is 3.61. The van der Waals surface area contributed by atoms with Crippen molar-refractivity contribution in [3.8, 4) is 0 Å². The molecule has 0 unspecified atom stereocenters. The zero-order chi connectivity index (χ0) is 13.2. The number of anilines is 2. The van der Waals surface area contributed by atoms with E-state index in [4.69, 9.17) is 0 Å². The van der Waals surface area contributed by atoms with Crippen LogP contribution in [0.1, 0.15) is 33.2 Å². The smallest absolute Gasteiger partial charge is 0.288 e. The van der Waals surface area contributed by atoms with Gasteiger partial charge in [0.1, 0.15) is 0 Å². The SMILES string of the molecule is CNc1nnc(C(=O)Nc2nc3c(s2)CCCC3)s1. The Labute approximate surface area is 118 Å². The second-order valence-electron chi connectivity index (χ2n) is 4.21. The second-order valence-corrected chi connectivity index (χ2v) is 6.27. The molecule has 1 aliphatic carbocycles. The quantitative estimate of drug-likeness (QED) is 0.907. The maximum Gasteiger partial charge on any atom is 0.288 e. The molecule has 0 fully saturated rings. The zero-order valence-corrected chi connectivity index (χ0v) is 12.0. The molecule has 1 aliphatic rings. The summed E-state index contributed by atoms with van der Waals surface area (Å²) in [5, 5.41) is 15.0. The summed E-state index contributed by atoms with van der Waals surface area (Å²) in [5.74, 6) is -0.245. The van der Waals surface area contributed by atoms with Gasteiger partial charge in [-0.15, -0.1) is 21.5 Å². The van der Waals surface area contributed by atoms with Crippen molar-refractivity contribution in [2.24, 2.45) is 0 Å². The van der Waals surface area contributed by atoms with E-state index in [9.17, 15) is 4.79 Å². The van der Waals surface area contributed by atoms with Crippen molar-refractivity contribution >= 4 is 38.8 Å². The molecule has 0 saturated carbocycles. The number of carbonyl (C=O) groups excluding carboxylic acids is 1. The topological polar surface area (TPSA) is 79.8 Å². The third kappa shape index (κ3) is 2.59. The molecular formula is C11H13N5OS2. The number of rotatable bonds is 3. The lowest BCUT2D eigenvalue weighted by atomic mass is 10.0. The molecule has 0 aliphatic heterocycles. The molecule has 0 atom stereocenters. The van der Waals surface area contributed by atoms with Crippen molar-refractivity contribution in [2.45, 2.75) is 25.7 Å². The maximum atomic E-state index is 12.0. The van der Waals surface area contributed by atoms with E-state index in [1.807, 2.05) is 0 Å². The summed E-state index contributed by atoms with van der Waals surface area (Å²) in [6.07, 6.45) is 4.49. The molecule has 0 spiro atoms. The fraction of sp³-hybridized carbons (Fsp3) is 0.455. The van der Waals surface area contributed by atoms with Gasteiger partial charge in [0.2, 0.25) is 10.1 Å². The number of nitrogens with zero attached hydrogens (tertiary/aromatic N) is 3. The van der Waals surface area contributed by atoms with Crippen LogP contribution in [-0.4, -0.2) is 28.1 Å². The predicted octanol–water partition coefficient (Wildman–Crippen LogP) is 2.17. The van der Waals surface area contributed by atoms with Crippen LogP contribution in [0.5, 0.6) is 0 Å². The van der Waals surface area contributed by atoms with Crippen LogP contribution in [0, 0.1) is 0 Å². The van der Waals surface area contributed by atoms with Gasteiger partial charge >= 0.3 is 0 Å². The molecule has 0 bridgehead atoms. The molecule has 0 aromatic carbocycles. The van der Waals surface area contributed by atoms with Gasteiger partial charge in [0, 0.05) is 11.9 Å². The van der Waals surface area contributed by atoms with Crippen molar-refractivity contribution in [1.29, 1.82) is 0 Å². The molecular weight excluding hydrogens is 282 g/mol. The number of hydrogen-bond acceptors (Lipinski definition) is 7. The highest BCUT2D eigenvalue weighted by Crippen LogP contribution is 2.29. The van der Waals surface area contributed by atoms with Gasteiger partial charge in [0.15, 0.2) is 5.13 Å². The molecule has 3 rings (SSSR count). The number of nitrogens with one attached hydrogen (secondary N) is 2. The molecule has 2 aromatic rings. The lowest BCUT2D eigenvalue weighted by Gasteiger charge is -2.06. The molecule has 100 valence electrons. The summed E-state index contributed by atoms with van der Waals surface area (Å²) in [5.41, 5.74) is 1.14. The first-order valence-electron chi connectivity index (χ1n) is 6.07. The van der Waals surface area contributed by atoms with Crippen LogP contribution in [0.3, 0.4) is 0 Å². The highest BCUT2D eigenvalue weighted by atomic mass is 32.1. The molecule has 1 amide bonds. The highest BCUT2D eigenvalue weighted by Gasteiger charge is 2.18. The molecule has 8 heteroatoms. The summed E-state index contributed by atoms with van der Waals surface area (Å²) in [6.45, 7) is 0. The van der Waals surface area contributed by atoms with Gasteiger partial charge in [0.05, 0.1) is 5.69 Å². The molecule has 19 heavy (non-hydrogen) atoms. The third-order valence-electron chi connectivity index (χ3n) is 2.90. The lowest BCUT2D eigenvalue weighted by molar-refractivity contribution is 0.102. The van der Waals surface area contributed by atoms with E-state index in [0.717, 1.165) is 18.5 Å². The Bertz CT molecular complexity index is 583. The monoisotopic (exact) mass is 295 g/mol. The van der Waals surface area contributed by atoms with Crippen molar-refractivity contribution in [1.82, 2.24) is 15.2 Å². The molecule has 2 N–H and O–H groups in total. The molecule has 2 aromatic heterocycles. The number of aromatic nitrogens is 3. The Morgan fingerprint density at radius 3 is 2.74 bits per heavy atom. The summed E-state index contributed by atoms with van der Waals surface area (Å²) in [7, 11) is 1.75. The van der Waals surface area contributed by atoms with E-state index in [2.05, 4.69) is 25.8 Å². The third-order valence-corrected chi connectivity index (χ3v) is 4.91. The predicted molar refractivity (Wildman–Crippen MR) is 76.2 cm³/mol. The Balaban J connectivity index is 1.73. The summed E-state index contributed by atoms with van der Waals surface area (Å²) in [6, 6.07) is 0. The van der Waals surface area contributed by atoms with E-state index >= 15 is 0 Å². The second kappa shape index (κ2) is 5.22. The van der Waals surface area contributed by atoms with Crippen molar-refractivity contribution in [2.75, 3.05) is 17.7 Å². The van der Waals surface area contributed by atoms with E-state index in [1.54, 1.807) is 18.4 Å². The summed E-state index contributed by atoms with van der Waals surface area (Å²) < 4.78 is 0. The first-order valence-corrected chi connectivity index (χ1v) is 7.71. The van der Waals surface area contributed by atoms with Crippen LogP contribution < -0.4 is 10.6 Å². The van der Waals surface area contributed by atoms with E-state index in [0.29, 0.717) is 15.3 Å². The number of hydrogen-bond donors (Lipinski definition) is 2. The first kappa shape index (κ1) is 12.5. The highest BCUT2D eigenvalue weighted by molar-refractivity contribution is 7.17. The Morgan fingerprint density at radius 2 is 2.00 bits per heavy atom. The van der Waals surface area contributed by atoms with Gasteiger partial charge in [-0.05, 0) is 25.7 Å². The number of amides is 1. The van der Waals surface area contributed by atoms with Crippen LogP contribution in [0.4, 0.5) is 10.3 Å². The van der Waals surface area contributed by atoms with Crippen molar-refractivity contribution < 1.29 is 4.79 Å². The minimum Gasteiger partial charge on any atom is -0.363 e. The van der Waals surface area contributed by atoms with E-state index in [-0.39, 0.29) is 5.91 Å². The van der Waals surface area contributed by atoms with Crippen molar-refractivity contribution in [3.63, 3.8) is 0 Å².